The summed E-state index contributed by atoms with van der Waals surface area (Å²) in [6.07, 6.45) is 0.771. The van der Waals surface area contributed by atoms with Gasteiger partial charge in [0.1, 0.15) is 0 Å². The predicted octanol–water partition coefficient (Wildman–Crippen LogP) is -0.390. The number of ketones is 1. The largest absolute Gasteiger partial charge is 0.305 e. The minimum Gasteiger partial charge on any atom is -0.305 e. The van der Waals surface area contributed by atoms with Crippen LogP contribution in [-0.4, -0.2) is 49.7 Å². The molecule has 2 atom stereocenters. The fourth-order valence-electron chi connectivity index (χ4n) is 1.76. The number of rotatable bonds is 3. The van der Waals surface area contributed by atoms with Crippen molar-refractivity contribution < 1.29 is 9.59 Å². The van der Waals surface area contributed by atoms with E-state index in [0.717, 1.165) is 6.21 Å². The maximum absolute atomic E-state index is 11.3. The summed E-state index contributed by atoms with van der Waals surface area (Å²) in [4.78, 5) is 27.8. The van der Waals surface area contributed by atoms with Crippen molar-refractivity contribution in [1.82, 2.24) is 4.90 Å². The van der Waals surface area contributed by atoms with Crippen LogP contribution in [0.3, 0.4) is 0 Å². The molecule has 1 amide bonds. The lowest BCUT2D eigenvalue weighted by Gasteiger charge is -2.10. The van der Waals surface area contributed by atoms with Gasteiger partial charge in [-0.3, -0.25) is 9.59 Å². The van der Waals surface area contributed by atoms with Crippen molar-refractivity contribution in [2.75, 3.05) is 20.1 Å². The first kappa shape index (κ1) is 10.7. The molecule has 76 valence electrons. The van der Waals surface area contributed by atoms with Crippen molar-refractivity contribution >= 4 is 24.6 Å². The van der Waals surface area contributed by atoms with Crippen molar-refractivity contribution in [3.8, 4) is 0 Å². The lowest BCUT2D eigenvalue weighted by molar-refractivity contribution is -0.126. The molecular weight excluding hydrogens is 182 g/mol. The van der Waals surface area contributed by atoms with Gasteiger partial charge in [-0.05, 0) is 13.8 Å². The van der Waals surface area contributed by atoms with Gasteiger partial charge in [0.15, 0.2) is 5.78 Å². The second-order valence-corrected chi connectivity index (χ2v) is 3.48. The van der Waals surface area contributed by atoms with Crippen molar-refractivity contribution in [2.45, 2.75) is 0 Å². The highest BCUT2D eigenvalue weighted by molar-refractivity contribution is 6.28. The molecule has 1 fully saturated rings. The Bertz CT molecular complexity index is 260. The molecule has 5 heteroatoms. The standard InChI is InChI=1S/C9H13N3O2/c1-11-9(14)7-5-12(2)4-6(7)8(13)3-10/h3,6-7,10H,1,4-5H2,2H3/t6-,7-/m1/s1. The average Bonchev–Trinajstić information content (AvgIpc) is 2.58. The Morgan fingerprint density at radius 3 is 2.57 bits per heavy atom. The molecule has 1 aliphatic heterocycles. The summed E-state index contributed by atoms with van der Waals surface area (Å²) in [5.74, 6) is -1.51. The van der Waals surface area contributed by atoms with Gasteiger partial charge >= 0.3 is 0 Å². The molecule has 0 spiro atoms. The fourth-order valence-corrected chi connectivity index (χ4v) is 1.76. The van der Waals surface area contributed by atoms with Crippen LogP contribution in [0.5, 0.6) is 0 Å². The van der Waals surface area contributed by atoms with Crippen LogP contribution in [0.25, 0.3) is 0 Å². The Balaban J connectivity index is 2.82. The molecule has 14 heavy (non-hydrogen) atoms. The Hall–Kier alpha value is -1.36. The fraction of sp³-hybridized carbons (Fsp3) is 0.556. The van der Waals surface area contributed by atoms with Gasteiger partial charge in [-0.15, -0.1) is 0 Å². The minimum atomic E-state index is -0.424. The number of amides is 1. The third kappa shape index (κ3) is 1.93. The molecule has 0 aromatic carbocycles. The van der Waals surface area contributed by atoms with E-state index in [0.29, 0.717) is 13.1 Å². The molecule has 0 aliphatic carbocycles. The number of nitrogens with zero attached hydrogens (tertiary/aromatic N) is 2. The molecule has 5 nitrogen and oxygen atoms in total. The normalized spacial score (nSPS) is 27.2. The van der Waals surface area contributed by atoms with Crippen LogP contribution in [0, 0.1) is 17.2 Å². The number of carbonyl (C=O) groups excluding carboxylic acids is 2. The molecule has 0 radical (unpaired) electrons. The summed E-state index contributed by atoms with van der Waals surface area (Å²) in [7, 11) is 1.83. The number of hydrogen-bond acceptors (Lipinski definition) is 4. The van der Waals surface area contributed by atoms with E-state index in [9.17, 15) is 9.59 Å². The van der Waals surface area contributed by atoms with E-state index in [4.69, 9.17) is 5.41 Å². The number of Topliss-reactive ketones (excluding diaryl/α,β-unsaturated/α-hetero) is 1. The Morgan fingerprint density at radius 1 is 1.50 bits per heavy atom. The van der Waals surface area contributed by atoms with Crippen molar-refractivity contribution in [2.24, 2.45) is 16.8 Å². The zero-order chi connectivity index (χ0) is 10.7. The van der Waals surface area contributed by atoms with Crippen LogP contribution in [0.1, 0.15) is 0 Å². The lowest BCUT2D eigenvalue weighted by atomic mass is 9.92. The van der Waals surface area contributed by atoms with Crippen molar-refractivity contribution in [3.05, 3.63) is 0 Å². The van der Waals surface area contributed by atoms with Gasteiger partial charge in [0.05, 0.1) is 12.1 Å². The van der Waals surface area contributed by atoms with Gasteiger partial charge in [-0.1, -0.05) is 0 Å². The molecule has 0 aromatic heterocycles. The second-order valence-electron chi connectivity index (χ2n) is 3.48. The molecule has 1 N–H and O–H groups in total. The van der Waals surface area contributed by atoms with Gasteiger partial charge in [0, 0.05) is 19.0 Å². The van der Waals surface area contributed by atoms with Crippen LogP contribution >= 0.6 is 0 Å². The number of carbonyl (C=O) groups is 2. The maximum Gasteiger partial charge on any atom is 0.250 e. The average molecular weight is 195 g/mol. The van der Waals surface area contributed by atoms with Crippen LogP contribution in [0.15, 0.2) is 4.99 Å². The Morgan fingerprint density at radius 2 is 2.07 bits per heavy atom. The van der Waals surface area contributed by atoms with E-state index in [-0.39, 0.29) is 11.7 Å². The van der Waals surface area contributed by atoms with Crippen LogP contribution < -0.4 is 0 Å². The highest BCUT2D eigenvalue weighted by Crippen LogP contribution is 2.23. The zero-order valence-corrected chi connectivity index (χ0v) is 8.06. The monoisotopic (exact) mass is 195 g/mol. The van der Waals surface area contributed by atoms with Crippen LogP contribution in [-0.2, 0) is 9.59 Å². The highest BCUT2D eigenvalue weighted by atomic mass is 16.2. The van der Waals surface area contributed by atoms with Crippen molar-refractivity contribution in [3.63, 3.8) is 0 Å². The quantitative estimate of drug-likeness (QED) is 0.623. The third-order valence-electron chi connectivity index (χ3n) is 2.48. The van der Waals surface area contributed by atoms with Gasteiger partial charge in [0.2, 0.25) is 5.91 Å². The molecule has 1 saturated heterocycles. The minimum absolute atomic E-state index is 0.309. The molecular formula is C9H13N3O2. The van der Waals surface area contributed by atoms with Gasteiger partial charge < -0.3 is 10.3 Å². The SMILES string of the molecule is C=NC(=O)[C@@H]1CN(C)C[C@H]1C(=O)C=N. The molecule has 0 aromatic rings. The number of aliphatic imine (C=N–C) groups is 1. The molecule has 0 unspecified atom stereocenters. The number of nitrogens with one attached hydrogen (secondary N) is 1. The topological polar surface area (TPSA) is 73.6 Å². The first-order valence-corrected chi connectivity index (χ1v) is 4.33. The summed E-state index contributed by atoms with van der Waals surface area (Å²) < 4.78 is 0. The first-order chi connectivity index (χ1) is 6.60. The predicted molar refractivity (Wildman–Crippen MR) is 52.8 cm³/mol. The van der Waals surface area contributed by atoms with E-state index >= 15 is 0 Å². The van der Waals surface area contributed by atoms with Gasteiger partial charge in [-0.2, -0.15) is 0 Å². The molecule has 0 saturated carbocycles. The van der Waals surface area contributed by atoms with Gasteiger partial charge in [-0.25, -0.2) is 4.99 Å². The summed E-state index contributed by atoms with van der Waals surface area (Å²) >= 11 is 0. The first-order valence-electron chi connectivity index (χ1n) is 4.33. The summed E-state index contributed by atoms with van der Waals surface area (Å²) in [6.45, 7) is 4.19. The summed E-state index contributed by atoms with van der Waals surface area (Å²) in [5, 5.41) is 6.88. The highest BCUT2D eigenvalue weighted by Gasteiger charge is 2.39. The molecule has 1 heterocycles. The van der Waals surface area contributed by atoms with Crippen LogP contribution in [0.2, 0.25) is 0 Å². The third-order valence-corrected chi connectivity index (χ3v) is 2.48. The Labute approximate surface area is 82.3 Å². The van der Waals surface area contributed by atoms with E-state index in [1.807, 2.05) is 11.9 Å². The van der Waals surface area contributed by atoms with Crippen LogP contribution in [0.4, 0.5) is 0 Å². The van der Waals surface area contributed by atoms with E-state index in [1.54, 1.807) is 0 Å². The van der Waals surface area contributed by atoms with E-state index in [1.165, 1.54) is 0 Å². The summed E-state index contributed by atoms with van der Waals surface area (Å²) in [5.41, 5.74) is 0. The smallest absolute Gasteiger partial charge is 0.250 e. The number of hydrogen-bond donors (Lipinski definition) is 1. The molecule has 1 rings (SSSR count). The maximum atomic E-state index is 11.3. The molecule has 1 aliphatic rings. The second kappa shape index (κ2) is 4.23. The lowest BCUT2D eigenvalue weighted by Crippen LogP contribution is -2.28. The van der Waals surface area contributed by atoms with E-state index in [2.05, 4.69) is 11.7 Å². The van der Waals surface area contributed by atoms with E-state index < -0.39 is 11.8 Å². The Kier molecular flexibility index (Phi) is 3.24. The number of likely N-dealkylation sites (tertiary alicyclic amines) is 1. The zero-order valence-electron chi connectivity index (χ0n) is 8.06. The molecule has 0 bridgehead atoms. The summed E-state index contributed by atoms with van der Waals surface area (Å²) in [6, 6.07) is 0. The van der Waals surface area contributed by atoms with Crippen molar-refractivity contribution in [1.29, 1.82) is 5.41 Å². The van der Waals surface area contributed by atoms with Gasteiger partial charge in [0.25, 0.3) is 0 Å².